The summed E-state index contributed by atoms with van der Waals surface area (Å²) in [7, 11) is 0. The van der Waals surface area contributed by atoms with E-state index >= 15 is 0 Å². The van der Waals surface area contributed by atoms with Crippen LogP contribution in [0.3, 0.4) is 0 Å². The molecule has 2 N–H and O–H groups in total. The van der Waals surface area contributed by atoms with E-state index in [0.717, 1.165) is 35.8 Å². The highest BCUT2D eigenvalue weighted by molar-refractivity contribution is 8.02. The number of pyridine rings is 1. The number of aryl methyl sites for hydroxylation is 2. The zero-order valence-corrected chi connectivity index (χ0v) is 15.5. The molecule has 0 amide bonds. The highest BCUT2D eigenvalue weighted by Crippen LogP contribution is 2.43. The molecule has 2 unspecified atom stereocenters. The van der Waals surface area contributed by atoms with Crippen molar-refractivity contribution in [2.75, 3.05) is 12.8 Å². The van der Waals surface area contributed by atoms with E-state index in [1.54, 1.807) is 18.1 Å². The quantitative estimate of drug-likeness (QED) is 0.868. The molecule has 3 heterocycles. The Hall–Kier alpha value is -2.21. The van der Waals surface area contributed by atoms with Gasteiger partial charge in [0.1, 0.15) is 11.9 Å². The second-order valence-electron chi connectivity index (χ2n) is 6.51. The molecular formula is C19H22N4OS. The van der Waals surface area contributed by atoms with E-state index in [1.165, 1.54) is 10.5 Å². The number of hydrogen-bond acceptors (Lipinski definition) is 6. The van der Waals surface area contributed by atoms with Crippen LogP contribution in [0, 0.1) is 19.8 Å². The fraction of sp³-hybridized carbons (Fsp3) is 0.368. The second-order valence-corrected chi connectivity index (χ2v) is 7.39. The van der Waals surface area contributed by atoms with E-state index in [-0.39, 0.29) is 6.04 Å². The van der Waals surface area contributed by atoms with Gasteiger partial charge in [-0.1, -0.05) is 18.2 Å². The van der Waals surface area contributed by atoms with Gasteiger partial charge in [-0.15, -0.1) is 11.8 Å². The van der Waals surface area contributed by atoms with Crippen LogP contribution in [0.4, 0.5) is 0 Å². The number of nitrogens with zero attached hydrogens (tertiary/aromatic N) is 2. The molecule has 0 spiro atoms. The predicted molar refractivity (Wildman–Crippen MR) is 103 cm³/mol. The Balaban J connectivity index is 1.51. The molecule has 130 valence electrons. The summed E-state index contributed by atoms with van der Waals surface area (Å²) in [6.07, 6.45) is 11.7. The normalized spacial score (nSPS) is 23.6. The maximum atomic E-state index is 6.06. The van der Waals surface area contributed by atoms with E-state index in [0.29, 0.717) is 11.8 Å². The van der Waals surface area contributed by atoms with E-state index in [1.807, 2.05) is 6.92 Å². The molecule has 2 atom stereocenters. The van der Waals surface area contributed by atoms with Gasteiger partial charge >= 0.3 is 0 Å². The lowest BCUT2D eigenvalue weighted by Gasteiger charge is -2.22. The first-order valence-electron chi connectivity index (χ1n) is 8.50. The molecular weight excluding hydrogens is 332 g/mol. The summed E-state index contributed by atoms with van der Waals surface area (Å²) >= 11 is 1.79. The highest BCUT2D eigenvalue weighted by Gasteiger charge is 2.36. The summed E-state index contributed by atoms with van der Waals surface area (Å²) in [5, 5.41) is 6.70. The molecule has 3 aliphatic rings. The maximum Gasteiger partial charge on any atom is 0.225 e. The van der Waals surface area contributed by atoms with Crippen molar-refractivity contribution in [3.8, 4) is 5.88 Å². The molecule has 1 aromatic heterocycles. The molecule has 1 aliphatic carbocycles. The number of rotatable bonds is 4. The lowest BCUT2D eigenvalue weighted by molar-refractivity contribution is 0.392. The summed E-state index contributed by atoms with van der Waals surface area (Å²) in [6.45, 7) is 4.93. The van der Waals surface area contributed by atoms with Gasteiger partial charge in [0.15, 0.2) is 5.76 Å². The molecule has 0 radical (unpaired) electrons. The standard InChI is InChI=1S/C19H22N4OS/c1-11-8-12(2)23-19-15(11)16-17(24-19)18(22-10-21-16)20-9-13-4-6-14(25-3)7-5-13/h4,6-8,10,13,16,20H,5,9H2,1-3H3,(H,21,22). The van der Waals surface area contributed by atoms with Crippen molar-refractivity contribution in [2.45, 2.75) is 26.3 Å². The lowest BCUT2D eigenvalue weighted by atomic mass is 10.0. The van der Waals surface area contributed by atoms with Crippen molar-refractivity contribution < 1.29 is 4.74 Å². The highest BCUT2D eigenvalue weighted by atomic mass is 32.2. The third-order valence-corrected chi connectivity index (χ3v) is 5.47. The third kappa shape index (κ3) is 3.06. The Morgan fingerprint density at radius 1 is 1.40 bits per heavy atom. The van der Waals surface area contributed by atoms with Crippen LogP contribution in [0.5, 0.6) is 5.88 Å². The Labute approximate surface area is 152 Å². The van der Waals surface area contributed by atoms with Crippen LogP contribution < -0.4 is 15.4 Å². The first-order chi connectivity index (χ1) is 12.2. The summed E-state index contributed by atoms with van der Waals surface area (Å²) in [5.74, 6) is 2.87. The molecule has 0 saturated carbocycles. The minimum Gasteiger partial charge on any atom is -0.437 e. The van der Waals surface area contributed by atoms with Crippen molar-refractivity contribution in [1.29, 1.82) is 0 Å². The number of nitrogens with one attached hydrogen (secondary N) is 2. The number of aliphatic imine (C=N–C) groups is 1. The van der Waals surface area contributed by atoms with Crippen LogP contribution >= 0.6 is 11.8 Å². The molecule has 0 saturated heterocycles. The number of ether oxygens (including phenoxy) is 1. The smallest absolute Gasteiger partial charge is 0.225 e. The average molecular weight is 354 g/mol. The summed E-state index contributed by atoms with van der Waals surface area (Å²) in [4.78, 5) is 10.4. The van der Waals surface area contributed by atoms with Crippen LogP contribution in [0.2, 0.25) is 0 Å². The van der Waals surface area contributed by atoms with Crippen molar-refractivity contribution in [2.24, 2.45) is 10.9 Å². The molecule has 4 rings (SSSR count). The number of thioether (sulfide) groups is 1. The molecule has 5 nitrogen and oxygen atoms in total. The largest absolute Gasteiger partial charge is 0.437 e. The van der Waals surface area contributed by atoms with E-state index < -0.39 is 0 Å². The zero-order valence-electron chi connectivity index (χ0n) is 14.7. The number of fused-ring (bicyclic) bond motifs is 3. The molecule has 0 aromatic carbocycles. The third-order valence-electron chi connectivity index (χ3n) is 4.70. The van der Waals surface area contributed by atoms with Gasteiger partial charge < -0.3 is 15.4 Å². The Morgan fingerprint density at radius 3 is 3.04 bits per heavy atom. The molecule has 1 aromatic rings. The number of allylic oxidation sites excluding steroid dienone is 2. The van der Waals surface area contributed by atoms with Gasteiger partial charge in [-0.3, -0.25) is 4.99 Å². The summed E-state index contributed by atoms with van der Waals surface area (Å²) in [6, 6.07) is 1.98. The molecule has 0 fully saturated rings. The van der Waals surface area contributed by atoms with Gasteiger partial charge in [-0.05, 0) is 44.1 Å². The fourth-order valence-corrected chi connectivity index (χ4v) is 3.89. The predicted octanol–water partition coefficient (Wildman–Crippen LogP) is 3.35. The van der Waals surface area contributed by atoms with Crippen molar-refractivity contribution >= 4 is 18.1 Å². The Bertz CT molecular complexity index is 825. The Kier molecular flexibility index (Phi) is 4.29. The minimum absolute atomic E-state index is 0.100. The van der Waals surface area contributed by atoms with Crippen LogP contribution in [0.15, 0.2) is 45.8 Å². The first kappa shape index (κ1) is 16.3. The van der Waals surface area contributed by atoms with Gasteiger partial charge in [-0.2, -0.15) is 0 Å². The van der Waals surface area contributed by atoms with Crippen molar-refractivity contribution in [3.05, 3.63) is 57.6 Å². The Morgan fingerprint density at radius 2 is 2.28 bits per heavy atom. The summed E-state index contributed by atoms with van der Waals surface area (Å²) in [5.41, 5.74) is 3.21. The van der Waals surface area contributed by atoms with Gasteiger partial charge in [0.2, 0.25) is 5.88 Å². The summed E-state index contributed by atoms with van der Waals surface area (Å²) < 4.78 is 6.06. The SMILES string of the molecule is CSC1=CCC(CNC2=C3Oc4nc(C)cc(C)c4C3N=CN2)C=C1. The fourth-order valence-electron chi connectivity index (χ4n) is 3.41. The number of hydrogen-bond donors (Lipinski definition) is 2. The van der Waals surface area contributed by atoms with Gasteiger partial charge in [0.25, 0.3) is 0 Å². The van der Waals surface area contributed by atoms with Gasteiger partial charge in [-0.25, -0.2) is 4.98 Å². The van der Waals surface area contributed by atoms with E-state index in [2.05, 4.69) is 58.1 Å². The van der Waals surface area contributed by atoms with Gasteiger partial charge in [0.05, 0.1) is 6.34 Å². The topological polar surface area (TPSA) is 58.5 Å². The molecule has 6 heteroatoms. The molecule has 2 aliphatic heterocycles. The second kappa shape index (κ2) is 6.59. The van der Waals surface area contributed by atoms with Crippen LogP contribution in [0.1, 0.15) is 29.3 Å². The number of aromatic nitrogens is 1. The maximum absolute atomic E-state index is 6.06. The lowest BCUT2D eigenvalue weighted by Crippen LogP contribution is -2.34. The zero-order chi connectivity index (χ0) is 17.4. The van der Waals surface area contributed by atoms with Crippen LogP contribution in [-0.2, 0) is 0 Å². The molecule has 0 bridgehead atoms. The average Bonchev–Trinajstić information content (AvgIpc) is 2.99. The van der Waals surface area contributed by atoms with E-state index in [9.17, 15) is 0 Å². The van der Waals surface area contributed by atoms with Gasteiger partial charge in [0, 0.05) is 22.7 Å². The first-order valence-corrected chi connectivity index (χ1v) is 9.72. The van der Waals surface area contributed by atoms with Crippen LogP contribution in [0.25, 0.3) is 0 Å². The minimum atomic E-state index is -0.100. The van der Waals surface area contributed by atoms with Crippen molar-refractivity contribution in [1.82, 2.24) is 15.6 Å². The van der Waals surface area contributed by atoms with Crippen LogP contribution in [-0.4, -0.2) is 24.1 Å². The molecule has 25 heavy (non-hydrogen) atoms. The monoisotopic (exact) mass is 354 g/mol. The van der Waals surface area contributed by atoms with E-state index in [4.69, 9.17) is 4.74 Å². The van der Waals surface area contributed by atoms with Crippen molar-refractivity contribution in [3.63, 3.8) is 0 Å².